The lowest BCUT2D eigenvalue weighted by Crippen LogP contribution is -2.27. The fraction of sp³-hybridized carbons (Fsp3) is 0.647. The summed E-state index contributed by atoms with van der Waals surface area (Å²) in [6.45, 7) is 2.27. The Morgan fingerprint density at radius 2 is 1.84 bits per heavy atom. The van der Waals surface area contributed by atoms with E-state index in [1.807, 2.05) is 0 Å². The first-order valence-corrected chi connectivity index (χ1v) is 8.47. The van der Waals surface area contributed by atoms with Gasteiger partial charge in [-0.1, -0.05) is 73.5 Å². The minimum absolute atomic E-state index is 0.612. The number of unbranched alkanes of at least 4 members (excludes halogenated alkanes) is 5. The van der Waals surface area contributed by atoms with Gasteiger partial charge >= 0.3 is 0 Å². The van der Waals surface area contributed by atoms with Crippen LogP contribution in [0.25, 0.3) is 0 Å². The third kappa shape index (κ3) is 7.74. The highest BCUT2D eigenvalue weighted by molar-refractivity contribution is 9.10. The van der Waals surface area contributed by atoms with Gasteiger partial charge in [-0.2, -0.15) is 0 Å². The molecular formula is C17H28BrN. The largest absolute Gasteiger partial charge is 0.317 e. The van der Waals surface area contributed by atoms with Crippen molar-refractivity contribution >= 4 is 15.9 Å². The van der Waals surface area contributed by atoms with Crippen LogP contribution in [0.5, 0.6) is 0 Å². The SMILES string of the molecule is CCCCCCCCC(Cc1cccc(Br)c1)NC. The fourth-order valence-corrected chi connectivity index (χ4v) is 2.91. The van der Waals surface area contributed by atoms with Gasteiger partial charge < -0.3 is 5.32 Å². The third-order valence-electron chi connectivity index (χ3n) is 3.69. The van der Waals surface area contributed by atoms with Gasteiger partial charge in [-0.3, -0.25) is 0 Å². The zero-order valence-electron chi connectivity index (χ0n) is 12.4. The molecule has 0 saturated carbocycles. The normalized spacial score (nSPS) is 12.6. The summed E-state index contributed by atoms with van der Waals surface area (Å²) in [5.41, 5.74) is 1.42. The van der Waals surface area contributed by atoms with Crippen LogP contribution in [0.15, 0.2) is 28.7 Å². The molecule has 1 rings (SSSR count). The summed E-state index contributed by atoms with van der Waals surface area (Å²) >= 11 is 3.54. The average molecular weight is 326 g/mol. The Labute approximate surface area is 127 Å². The van der Waals surface area contributed by atoms with Gasteiger partial charge in [0, 0.05) is 10.5 Å². The van der Waals surface area contributed by atoms with Crippen molar-refractivity contribution < 1.29 is 0 Å². The van der Waals surface area contributed by atoms with E-state index in [0.29, 0.717) is 6.04 Å². The zero-order chi connectivity index (χ0) is 13.9. The first-order chi connectivity index (χ1) is 9.26. The number of likely N-dealkylation sites (N-methyl/N-ethyl adjacent to an activating group) is 1. The molecule has 108 valence electrons. The van der Waals surface area contributed by atoms with Crippen LogP contribution in [0.3, 0.4) is 0 Å². The number of rotatable bonds is 10. The summed E-state index contributed by atoms with van der Waals surface area (Å²) in [5.74, 6) is 0. The maximum atomic E-state index is 3.54. The van der Waals surface area contributed by atoms with Gasteiger partial charge in [-0.15, -0.1) is 0 Å². The molecule has 2 heteroatoms. The average Bonchev–Trinajstić information content (AvgIpc) is 2.41. The summed E-state index contributed by atoms with van der Waals surface area (Å²) in [7, 11) is 2.08. The minimum atomic E-state index is 0.612. The van der Waals surface area contributed by atoms with E-state index in [1.54, 1.807) is 0 Å². The lowest BCUT2D eigenvalue weighted by atomic mass is 10.00. The van der Waals surface area contributed by atoms with Gasteiger partial charge in [-0.25, -0.2) is 0 Å². The Morgan fingerprint density at radius 1 is 1.11 bits per heavy atom. The molecule has 0 saturated heterocycles. The highest BCUT2D eigenvalue weighted by atomic mass is 79.9. The Bertz CT molecular complexity index is 338. The van der Waals surface area contributed by atoms with E-state index >= 15 is 0 Å². The summed E-state index contributed by atoms with van der Waals surface area (Å²) < 4.78 is 1.18. The predicted molar refractivity (Wildman–Crippen MR) is 88.7 cm³/mol. The van der Waals surface area contributed by atoms with Crippen LogP contribution < -0.4 is 5.32 Å². The molecule has 0 bridgehead atoms. The van der Waals surface area contributed by atoms with E-state index in [0.717, 1.165) is 6.42 Å². The second-order valence-electron chi connectivity index (χ2n) is 5.38. The first kappa shape index (κ1) is 16.7. The van der Waals surface area contributed by atoms with E-state index in [9.17, 15) is 0 Å². The van der Waals surface area contributed by atoms with Gasteiger partial charge in [0.2, 0.25) is 0 Å². The molecule has 0 radical (unpaired) electrons. The molecule has 1 aromatic rings. The molecule has 1 aromatic carbocycles. The van der Waals surface area contributed by atoms with E-state index in [-0.39, 0.29) is 0 Å². The lowest BCUT2D eigenvalue weighted by Gasteiger charge is -2.16. The molecule has 0 aliphatic carbocycles. The highest BCUT2D eigenvalue weighted by Crippen LogP contribution is 2.15. The number of hydrogen-bond donors (Lipinski definition) is 1. The Hall–Kier alpha value is -0.340. The van der Waals surface area contributed by atoms with Crippen molar-refractivity contribution in [2.45, 2.75) is 64.3 Å². The molecule has 0 aliphatic heterocycles. The molecule has 19 heavy (non-hydrogen) atoms. The van der Waals surface area contributed by atoms with Crippen LogP contribution in [0, 0.1) is 0 Å². The number of nitrogens with one attached hydrogen (secondary N) is 1. The molecule has 0 aliphatic rings. The Kier molecular flexibility index (Phi) is 9.19. The van der Waals surface area contributed by atoms with E-state index < -0.39 is 0 Å². The summed E-state index contributed by atoms with van der Waals surface area (Å²) in [5, 5.41) is 3.46. The molecule has 1 atom stereocenters. The van der Waals surface area contributed by atoms with Crippen molar-refractivity contribution in [1.29, 1.82) is 0 Å². The Morgan fingerprint density at radius 3 is 2.53 bits per heavy atom. The van der Waals surface area contributed by atoms with E-state index in [2.05, 4.69) is 59.5 Å². The smallest absolute Gasteiger partial charge is 0.0178 e. The molecule has 0 aromatic heterocycles. The lowest BCUT2D eigenvalue weighted by molar-refractivity contribution is 0.480. The van der Waals surface area contributed by atoms with Crippen molar-refractivity contribution in [3.05, 3.63) is 34.3 Å². The van der Waals surface area contributed by atoms with Crippen molar-refractivity contribution in [2.24, 2.45) is 0 Å². The summed E-state index contributed by atoms with van der Waals surface area (Å²) in [6.07, 6.45) is 10.7. The van der Waals surface area contributed by atoms with Gasteiger partial charge in [0.05, 0.1) is 0 Å². The van der Waals surface area contributed by atoms with Crippen molar-refractivity contribution in [1.82, 2.24) is 5.32 Å². The monoisotopic (exact) mass is 325 g/mol. The van der Waals surface area contributed by atoms with Crippen LogP contribution in [0.2, 0.25) is 0 Å². The number of benzene rings is 1. The van der Waals surface area contributed by atoms with Crippen molar-refractivity contribution in [3.8, 4) is 0 Å². The topological polar surface area (TPSA) is 12.0 Å². The van der Waals surface area contributed by atoms with Crippen LogP contribution in [0.1, 0.15) is 57.4 Å². The quantitative estimate of drug-likeness (QED) is 0.573. The maximum absolute atomic E-state index is 3.54. The number of hydrogen-bond acceptors (Lipinski definition) is 1. The maximum Gasteiger partial charge on any atom is 0.0178 e. The predicted octanol–water partition coefficient (Wildman–Crippen LogP) is 5.33. The van der Waals surface area contributed by atoms with Gasteiger partial charge in [-0.05, 0) is 37.6 Å². The summed E-state index contributed by atoms with van der Waals surface area (Å²) in [4.78, 5) is 0. The van der Waals surface area contributed by atoms with Crippen molar-refractivity contribution in [2.75, 3.05) is 7.05 Å². The molecule has 0 heterocycles. The zero-order valence-corrected chi connectivity index (χ0v) is 14.0. The van der Waals surface area contributed by atoms with E-state index in [4.69, 9.17) is 0 Å². The Balaban J connectivity index is 2.22. The standard InChI is InChI=1S/C17H28BrN/c1-3-4-5-6-7-8-12-17(19-2)14-15-10-9-11-16(18)13-15/h9-11,13,17,19H,3-8,12,14H2,1-2H3. The molecule has 0 fully saturated rings. The van der Waals surface area contributed by atoms with Gasteiger partial charge in [0.15, 0.2) is 0 Å². The van der Waals surface area contributed by atoms with Gasteiger partial charge in [0.1, 0.15) is 0 Å². The molecular weight excluding hydrogens is 298 g/mol. The van der Waals surface area contributed by atoms with Gasteiger partial charge in [0.25, 0.3) is 0 Å². The van der Waals surface area contributed by atoms with Crippen LogP contribution in [-0.4, -0.2) is 13.1 Å². The molecule has 1 unspecified atom stereocenters. The highest BCUT2D eigenvalue weighted by Gasteiger charge is 2.07. The molecule has 0 spiro atoms. The summed E-state index contributed by atoms with van der Waals surface area (Å²) in [6, 6.07) is 9.27. The van der Waals surface area contributed by atoms with Crippen LogP contribution in [0.4, 0.5) is 0 Å². The molecule has 1 N–H and O–H groups in total. The first-order valence-electron chi connectivity index (χ1n) is 7.68. The number of halogens is 1. The second-order valence-corrected chi connectivity index (χ2v) is 6.29. The van der Waals surface area contributed by atoms with Crippen molar-refractivity contribution in [3.63, 3.8) is 0 Å². The van der Waals surface area contributed by atoms with Crippen LogP contribution in [-0.2, 0) is 6.42 Å². The second kappa shape index (κ2) is 10.4. The molecule has 1 nitrogen and oxygen atoms in total. The molecule has 0 amide bonds. The van der Waals surface area contributed by atoms with E-state index in [1.165, 1.54) is 55.0 Å². The fourth-order valence-electron chi connectivity index (χ4n) is 2.47. The third-order valence-corrected chi connectivity index (χ3v) is 4.18. The minimum Gasteiger partial charge on any atom is -0.317 e. The van der Waals surface area contributed by atoms with Crippen LogP contribution >= 0.6 is 15.9 Å².